The molecule has 1 fully saturated rings. The quantitative estimate of drug-likeness (QED) is 0.894. The fourth-order valence-electron chi connectivity index (χ4n) is 3.88. The first-order valence-electron chi connectivity index (χ1n) is 9.10. The van der Waals surface area contributed by atoms with Crippen molar-refractivity contribution < 1.29 is 9.53 Å². The molecule has 3 rings (SSSR count). The topological polar surface area (TPSA) is 59.4 Å². The van der Waals surface area contributed by atoms with Crippen LogP contribution in [0.4, 0.5) is 0 Å². The molecular formula is C20H28N4O2. The van der Waals surface area contributed by atoms with E-state index in [0.717, 1.165) is 30.7 Å². The molecule has 0 saturated carbocycles. The number of amides is 1. The highest BCUT2D eigenvalue weighted by Gasteiger charge is 2.32. The molecule has 2 aromatic rings. The van der Waals surface area contributed by atoms with Crippen molar-refractivity contribution in [1.29, 1.82) is 0 Å². The lowest BCUT2D eigenvalue weighted by atomic mass is 9.87. The van der Waals surface area contributed by atoms with Crippen LogP contribution < -0.4 is 10.1 Å². The lowest BCUT2D eigenvalue weighted by Gasteiger charge is -2.39. The van der Waals surface area contributed by atoms with Crippen molar-refractivity contribution in [2.45, 2.75) is 25.8 Å². The Balaban J connectivity index is 1.71. The van der Waals surface area contributed by atoms with Gasteiger partial charge in [-0.05, 0) is 57.0 Å². The number of nitrogens with zero attached hydrogens (tertiary/aromatic N) is 3. The minimum atomic E-state index is -0.0553. The largest absolute Gasteiger partial charge is 0.496 e. The summed E-state index contributed by atoms with van der Waals surface area (Å²) in [5.74, 6) is 1.04. The van der Waals surface area contributed by atoms with Gasteiger partial charge < -0.3 is 14.6 Å². The van der Waals surface area contributed by atoms with Gasteiger partial charge in [-0.15, -0.1) is 0 Å². The predicted octanol–water partition coefficient (Wildman–Crippen LogP) is 2.55. The first-order chi connectivity index (χ1) is 12.5. The third kappa shape index (κ3) is 3.75. The molecule has 26 heavy (non-hydrogen) atoms. The molecule has 1 aromatic carbocycles. The number of hydrogen-bond acceptors (Lipinski definition) is 4. The van der Waals surface area contributed by atoms with Crippen LogP contribution in [0.1, 0.15) is 40.5 Å². The Labute approximate surface area is 155 Å². The summed E-state index contributed by atoms with van der Waals surface area (Å²) in [5, 5.41) is 3.12. The number of piperidine rings is 1. The average Bonchev–Trinajstić information content (AvgIpc) is 3.05. The summed E-state index contributed by atoms with van der Waals surface area (Å²) in [4.78, 5) is 19.2. The van der Waals surface area contributed by atoms with E-state index in [4.69, 9.17) is 4.74 Å². The highest BCUT2D eigenvalue weighted by molar-refractivity contribution is 5.94. The molecule has 1 N–H and O–H groups in total. The van der Waals surface area contributed by atoms with Crippen LogP contribution in [-0.2, 0) is 7.05 Å². The summed E-state index contributed by atoms with van der Waals surface area (Å²) in [5.41, 5.74) is 2.85. The number of ether oxygens (including phenoxy) is 1. The molecule has 0 radical (unpaired) electrons. The molecule has 140 valence electrons. The lowest BCUT2D eigenvalue weighted by Crippen LogP contribution is -2.42. The zero-order chi connectivity index (χ0) is 18.7. The number of carbonyl (C=O) groups is 1. The summed E-state index contributed by atoms with van der Waals surface area (Å²) >= 11 is 0. The van der Waals surface area contributed by atoms with Crippen LogP contribution in [0.25, 0.3) is 0 Å². The maximum atomic E-state index is 12.6. The highest BCUT2D eigenvalue weighted by Crippen LogP contribution is 2.34. The monoisotopic (exact) mass is 356 g/mol. The van der Waals surface area contributed by atoms with E-state index in [-0.39, 0.29) is 11.9 Å². The van der Waals surface area contributed by atoms with E-state index in [1.807, 2.05) is 38.6 Å². The van der Waals surface area contributed by atoms with Crippen LogP contribution in [-0.4, -0.2) is 47.6 Å². The minimum absolute atomic E-state index is 0.0553. The standard InChI is InChI=1S/C20H28N4O2/c1-14-7-8-15(10-18(14)26-4)20(25)22-11-16-6-5-9-23(2)19(16)17-12-21-13-24(17)3/h7-8,10,12-13,16,19H,5-6,9,11H2,1-4H3,(H,22,25)/t16-,19+/m0/s1. The molecule has 1 aliphatic rings. The molecule has 0 aliphatic carbocycles. The highest BCUT2D eigenvalue weighted by atomic mass is 16.5. The van der Waals surface area contributed by atoms with Crippen molar-refractivity contribution in [2.24, 2.45) is 13.0 Å². The molecule has 2 heterocycles. The van der Waals surface area contributed by atoms with Crippen molar-refractivity contribution in [3.05, 3.63) is 47.5 Å². The summed E-state index contributed by atoms with van der Waals surface area (Å²) in [7, 11) is 5.80. The van der Waals surface area contributed by atoms with Crippen LogP contribution in [0.2, 0.25) is 0 Å². The summed E-state index contributed by atoms with van der Waals surface area (Å²) in [6.45, 7) is 3.68. The van der Waals surface area contributed by atoms with E-state index in [1.54, 1.807) is 13.2 Å². The van der Waals surface area contributed by atoms with Crippen molar-refractivity contribution in [2.75, 3.05) is 27.2 Å². The maximum Gasteiger partial charge on any atom is 0.251 e. The number of aryl methyl sites for hydroxylation is 2. The number of carbonyl (C=O) groups excluding carboxylic acids is 1. The second-order valence-electron chi connectivity index (χ2n) is 7.15. The molecule has 6 nitrogen and oxygen atoms in total. The molecule has 2 atom stereocenters. The van der Waals surface area contributed by atoms with E-state index in [9.17, 15) is 4.79 Å². The van der Waals surface area contributed by atoms with Gasteiger partial charge in [0.15, 0.2) is 0 Å². The minimum Gasteiger partial charge on any atom is -0.496 e. The summed E-state index contributed by atoms with van der Waals surface area (Å²) in [6.07, 6.45) is 6.01. The predicted molar refractivity (Wildman–Crippen MR) is 101 cm³/mol. The van der Waals surface area contributed by atoms with E-state index < -0.39 is 0 Å². The van der Waals surface area contributed by atoms with Gasteiger partial charge >= 0.3 is 0 Å². The van der Waals surface area contributed by atoms with Gasteiger partial charge in [-0.3, -0.25) is 9.69 Å². The normalized spacial score (nSPS) is 20.8. The van der Waals surface area contributed by atoms with Gasteiger partial charge in [0, 0.05) is 25.4 Å². The molecule has 0 spiro atoms. The van der Waals surface area contributed by atoms with E-state index in [1.165, 1.54) is 5.69 Å². The fraction of sp³-hybridized carbons (Fsp3) is 0.500. The molecule has 1 saturated heterocycles. The van der Waals surface area contributed by atoms with Gasteiger partial charge in [-0.25, -0.2) is 4.98 Å². The van der Waals surface area contributed by atoms with Crippen molar-refractivity contribution in [1.82, 2.24) is 19.8 Å². The van der Waals surface area contributed by atoms with Crippen LogP contribution in [0.3, 0.4) is 0 Å². The first kappa shape index (κ1) is 18.5. The van der Waals surface area contributed by atoms with Crippen LogP contribution >= 0.6 is 0 Å². The van der Waals surface area contributed by atoms with Gasteiger partial charge in [0.2, 0.25) is 0 Å². The third-order valence-electron chi connectivity index (χ3n) is 5.36. The lowest BCUT2D eigenvalue weighted by molar-refractivity contribution is 0.0881. The van der Waals surface area contributed by atoms with Gasteiger partial charge in [0.1, 0.15) is 5.75 Å². The SMILES string of the molecule is COc1cc(C(=O)NC[C@@H]2CCCN(C)[C@H]2c2cncn2C)ccc1C. The van der Waals surface area contributed by atoms with Crippen molar-refractivity contribution in [3.63, 3.8) is 0 Å². The maximum absolute atomic E-state index is 12.6. The number of nitrogens with one attached hydrogen (secondary N) is 1. The second kappa shape index (κ2) is 7.91. The zero-order valence-electron chi connectivity index (χ0n) is 16.0. The Morgan fingerprint density at radius 1 is 1.38 bits per heavy atom. The van der Waals surface area contributed by atoms with E-state index in [0.29, 0.717) is 18.0 Å². The smallest absolute Gasteiger partial charge is 0.251 e. The molecular weight excluding hydrogens is 328 g/mol. The Bertz CT molecular complexity index is 771. The zero-order valence-corrected chi connectivity index (χ0v) is 16.0. The Hall–Kier alpha value is -2.34. The molecule has 0 unspecified atom stereocenters. The van der Waals surface area contributed by atoms with Crippen LogP contribution in [0.5, 0.6) is 5.75 Å². The van der Waals surface area contributed by atoms with Crippen molar-refractivity contribution >= 4 is 5.91 Å². The molecule has 6 heteroatoms. The second-order valence-corrected chi connectivity index (χ2v) is 7.15. The average molecular weight is 356 g/mol. The number of benzene rings is 1. The number of rotatable bonds is 5. The number of imidazole rings is 1. The molecule has 1 aromatic heterocycles. The Morgan fingerprint density at radius 3 is 2.88 bits per heavy atom. The van der Waals surface area contributed by atoms with Crippen LogP contribution in [0.15, 0.2) is 30.7 Å². The Kier molecular flexibility index (Phi) is 5.61. The van der Waals surface area contributed by atoms with Gasteiger partial charge in [-0.2, -0.15) is 0 Å². The molecule has 1 aliphatic heterocycles. The number of likely N-dealkylation sites (tertiary alicyclic amines) is 1. The molecule has 1 amide bonds. The van der Waals surface area contributed by atoms with E-state index in [2.05, 4.69) is 26.8 Å². The van der Waals surface area contributed by atoms with Crippen molar-refractivity contribution in [3.8, 4) is 5.75 Å². The van der Waals surface area contributed by atoms with Gasteiger partial charge in [0.05, 0.1) is 25.2 Å². The summed E-state index contributed by atoms with van der Waals surface area (Å²) < 4.78 is 7.40. The van der Waals surface area contributed by atoms with Crippen LogP contribution in [0, 0.1) is 12.8 Å². The Morgan fingerprint density at radius 2 is 2.19 bits per heavy atom. The van der Waals surface area contributed by atoms with E-state index >= 15 is 0 Å². The van der Waals surface area contributed by atoms with Gasteiger partial charge in [0.25, 0.3) is 5.91 Å². The first-order valence-corrected chi connectivity index (χ1v) is 9.10. The number of methoxy groups -OCH3 is 1. The number of hydrogen-bond donors (Lipinski definition) is 1. The fourth-order valence-corrected chi connectivity index (χ4v) is 3.88. The molecule has 0 bridgehead atoms. The summed E-state index contributed by atoms with van der Waals surface area (Å²) in [6, 6.07) is 5.83. The van der Waals surface area contributed by atoms with Gasteiger partial charge in [-0.1, -0.05) is 6.07 Å². The number of aromatic nitrogens is 2. The third-order valence-corrected chi connectivity index (χ3v) is 5.36.